The Labute approximate surface area is 215 Å². The van der Waals surface area contributed by atoms with E-state index in [1.807, 2.05) is 48.8 Å². The number of carbonyl (C=O) groups excluding carboxylic acids is 2. The van der Waals surface area contributed by atoms with Gasteiger partial charge in [0.05, 0.1) is 22.3 Å². The minimum absolute atomic E-state index is 0. The second-order valence-corrected chi connectivity index (χ2v) is 8.63. The maximum atomic E-state index is 12.8. The number of ketones is 1. The summed E-state index contributed by atoms with van der Waals surface area (Å²) >= 11 is 13.1. The summed E-state index contributed by atoms with van der Waals surface area (Å²) in [5, 5.41) is 6.20. The summed E-state index contributed by atoms with van der Waals surface area (Å²) in [6, 6.07) is 6.79. The molecule has 3 aromatic rings. The number of fused-ring (bicyclic) bond motifs is 1. The van der Waals surface area contributed by atoms with Gasteiger partial charge >= 0.3 is 0 Å². The van der Waals surface area contributed by atoms with Crippen LogP contribution in [0.15, 0.2) is 36.7 Å². The number of aromatic nitrogens is 2. The fourth-order valence-corrected chi connectivity index (χ4v) is 3.98. The highest BCUT2D eigenvalue weighted by Gasteiger charge is 2.24. The molecular weight excluding hydrogens is 501 g/mol. The van der Waals surface area contributed by atoms with Crippen LogP contribution in [0.1, 0.15) is 34.3 Å². The first-order valence-corrected chi connectivity index (χ1v) is 11.2. The molecule has 0 aliphatic rings. The maximum Gasteiger partial charge on any atom is 0.221 e. The SMILES string of the molecule is CNC(Oc1cccn2cc(C)nc12)c1c(Cl)ccc(C(=O)CNC(=O)CCN(C)C)c1Cl.Cl. The summed E-state index contributed by atoms with van der Waals surface area (Å²) in [5.74, 6) is 0.000745. The van der Waals surface area contributed by atoms with Crippen LogP contribution in [0.5, 0.6) is 5.75 Å². The number of carbonyl (C=O) groups is 2. The lowest BCUT2D eigenvalue weighted by molar-refractivity contribution is -0.121. The average Bonchev–Trinajstić information content (AvgIpc) is 3.16. The molecule has 2 N–H and O–H groups in total. The first kappa shape index (κ1) is 27.9. The molecule has 184 valence electrons. The average molecular weight is 529 g/mol. The molecule has 0 radical (unpaired) electrons. The minimum atomic E-state index is -0.740. The lowest BCUT2D eigenvalue weighted by Crippen LogP contribution is -2.32. The molecule has 0 bridgehead atoms. The number of rotatable bonds is 10. The molecule has 1 amide bonds. The number of nitrogens with one attached hydrogen (secondary N) is 2. The summed E-state index contributed by atoms with van der Waals surface area (Å²) in [7, 11) is 5.46. The molecule has 1 atom stereocenters. The van der Waals surface area contributed by atoms with E-state index in [0.717, 1.165) is 5.69 Å². The van der Waals surface area contributed by atoms with Crippen LogP contribution in [0.3, 0.4) is 0 Å². The van der Waals surface area contributed by atoms with Gasteiger partial charge in [-0.15, -0.1) is 12.4 Å². The molecule has 0 fully saturated rings. The smallest absolute Gasteiger partial charge is 0.221 e. The zero-order valence-electron chi connectivity index (χ0n) is 19.4. The topological polar surface area (TPSA) is 88.0 Å². The highest BCUT2D eigenvalue weighted by molar-refractivity contribution is 6.38. The molecule has 34 heavy (non-hydrogen) atoms. The van der Waals surface area contributed by atoms with Crippen LogP contribution in [0.25, 0.3) is 5.65 Å². The third kappa shape index (κ3) is 6.61. The predicted molar refractivity (Wildman–Crippen MR) is 137 cm³/mol. The van der Waals surface area contributed by atoms with Gasteiger partial charge < -0.3 is 19.4 Å². The summed E-state index contributed by atoms with van der Waals surface area (Å²) in [6.45, 7) is 2.33. The van der Waals surface area contributed by atoms with Crippen LogP contribution in [0.4, 0.5) is 0 Å². The lowest BCUT2D eigenvalue weighted by atomic mass is 10.1. The van der Waals surface area contributed by atoms with Crippen molar-refractivity contribution in [1.82, 2.24) is 24.9 Å². The van der Waals surface area contributed by atoms with Gasteiger partial charge in [0.1, 0.15) is 0 Å². The number of imidazole rings is 1. The third-order valence-electron chi connectivity index (χ3n) is 5.00. The quantitative estimate of drug-likeness (QED) is 0.306. The second-order valence-electron chi connectivity index (χ2n) is 7.85. The third-order valence-corrected chi connectivity index (χ3v) is 5.73. The Morgan fingerprint density at radius 2 is 1.97 bits per heavy atom. The van der Waals surface area contributed by atoms with E-state index in [9.17, 15) is 9.59 Å². The van der Waals surface area contributed by atoms with Crippen molar-refractivity contribution >= 4 is 52.9 Å². The molecule has 0 aliphatic carbocycles. The van der Waals surface area contributed by atoms with E-state index in [1.54, 1.807) is 25.2 Å². The van der Waals surface area contributed by atoms with Gasteiger partial charge in [-0.1, -0.05) is 23.2 Å². The fourth-order valence-electron chi connectivity index (χ4n) is 3.30. The molecule has 2 heterocycles. The number of pyridine rings is 1. The number of nitrogens with zero attached hydrogens (tertiary/aromatic N) is 3. The number of hydrogen-bond donors (Lipinski definition) is 2. The first-order chi connectivity index (χ1) is 15.7. The normalized spacial score (nSPS) is 11.9. The molecule has 3 rings (SSSR count). The van der Waals surface area contributed by atoms with Gasteiger partial charge in [-0.3, -0.25) is 14.9 Å². The summed E-state index contributed by atoms with van der Waals surface area (Å²) in [4.78, 5) is 31.2. The van der Waals surface area contributed by atoms with E-state index in [0.29, 0.717) is 34.9 Å². The van der Waals surface area contributed by atoms with Crippen molar-refractivity contribution in [2.75, 3.05) is 34.2 Å². The van der Waals surface area contributed by atoms with E-state index in [4.69, 9.17) is 27.9 Å². The minimum Gasteiger partial charge on any atom is -0.467 e. The number of amides is 1. The van der Waals surface area contributed by atoms with Gasteiger partial charge in [0.15, 0.2) is 23.4 Å². The molecule has 0 saturated heterocycles. The lowest BCUT2D eigenvalue weighted by Gasteiger charge is -2.22. The highest BCUT2D eigenvalue weighted by atomic mass is 35.5. The number of hydrogen-bond acceptors (Lipinski definition) is 6. The van der Waals surface area contributed by atoms with Crippen molar-refractivity contribution in [3.05, 3.63) is 63.5 Å². The molecule has 0 aliphatic heterocycles. The largest absolute Gasteiger partial charge is 0.467 e. The van der Waals surface area contributed by atoms with Gasteiger partial charge in [0, 0.05) is 36.5 Å². The maximum absolute atomic E-state index is 12.8. The second kappa shape index (κ2) is 12.4. The molecule has 0 saturated carbocycles. The van der Waals surface area contributed by atoms with Gasteiger partial charge in [0.25, 0.3) is 0 Å². The van der Waals surface area contributed by atoms with Gasteiger partial charge in [0.2, 0.25) is 5.91 Å². The van der Waals surface area contributed by atoms with Crippen LogP contribution in [0.2, 0.25) is 10.0 Å². The predicted octanol–water partition coefficient (Wildman–Crippen LogP) is 3.92. The Morgan fingerprint density at radius 1 is 1.24 bits per heavy atom. The fraction of sp³-hybridized carbons (Fsp3) is 0.348. The summed E-state index contributed by atoms with van der Waals surface area (Å²) < 4.78 is 8.04. The molecular formula is C23H28Cl3N5O3. The number of halogens is 3. The van der Waals surface area contributed by atoms with Crippen LogP contribution in [-0.2, 0) is 4.79 Å². The van der Waals surface area contributed by atoms with E-state index in [2.05, 4.69) is 15.6 Å². The van der Waals surface area contributed by atoms with Gasteiger partial charge in [-0.2, -0.15) is 0 Å². The molecule has 8 nitrogen and oxygen atoms in total. The van der Waals surface area contributed by atoms with Crippen molar-refractivity contribution in [2.45, 2.75) is 19.6 Å². The monoisotopic (exact) mass is 527 g/mol. The van der Waals surface area contributed by atoms with Crippen LogP contribution < -0.4 is 15.4 Å². The zero-order chi connectivity index (χ0) is 24.1. The standard InChI is InChI=1S/C23H27Cl2N5O3.ClH/c1-14-13-30-10-5-6-18(22(30)28-14)33-23(26-2)20-16(24)8-7-15(21(20)25)17(31)12-27-19(32)9-11-29(3)4;/h5-8,10,13,23,26H,9,11-12H2,1-4H3,(H,27,32);1H. The Bertz CT molecular complexity index is 1170. The zero-order valence-corrected chi connectivity index (χ0v) is 21.7. The Balaban J connectivity index is 0.00000408. The van der Waals surface area contributed by atoms with Crippen molar-refractivity contribution in [3.8, 4) is 5.75 Å². The number of benzene rings is 1. The molecule has 1 aromatic carbocycles. The first-order valence-electron chi connectivity index (χ1n) is 10.4. The van der Waals surface area contributed by atoms with E-state index >= 15 is 0 Å². The van der Waals surface area contributed by atoms with Crippen molar-refractivity contribution in [1.29, 1.82) is 0 Å². The number of aryl methyl sites for hydroxylation is 1. The van der Waals surface area contributed by atoms with Crippen LogP contribution in [0, 0.1) is 6.92 Å². The Kier molecular flexibility index (Phi) is 10.1. The van der Waals surface area contributed by atoms with Crippen molar-refractivity contribution < 1.29 is 14.3 Å². The van der Waals surface area contributed by atoms with Crippen molar-refractivity contribution in [2.24, 2.45) is 0 Å². The van der Waals surface area contributed by atoms with Gasteiger partial charge in [-0.05, 0) is 52.3 Å². The van der Waals surface area contributed by atoms with Crippen LogP contribution >= 0.6 is 35.6 Å². The molecule has 1 unspecified atom stereocenters. The Hall–Kier alpha value is -2.36. The van der Waals surface area contributed by atoms with E-state index in [1.165, 1.54) is 0 Å². The Morgan fingerprint density at radius 3 is 2.65 bits per heavy atom. The number of ether oxygens (including phenoxy) is 1. The highest BCUT2D eigenvalue weighted by Crippen LogP contribution is 2.35. The number of Topliss-reactive ketones (excluding diaryl/α,β-unsaturated/α-hetero) is 1. The summed E-state index contributed by atoms with van der Waals surface area (Å²) in [6.07, 6.45) is 3.33. The summed E-state index contributed by atoms with van der Waals surface area (Å²) in [5.41, 5.74) is 2.18. The molecule has 0 spiro atoms. The van der Waals surface area contributed by atoms with E-state index < -0.39 is 6.23 Å². The van der Waals surface area contributed by atoms with Gasteiger partial charge in [-0.25, -0.2) is 4.98 Å². The van der Waals surface area contributed by atoms with Crippen LogP contribution in [-0.4, -0.2) is 60.2 Å². The van der Waals surface area contributed by atoms with Crippen molar-refractivity contribution in [3.63, 3.8) is 0 Å². The molecule has 11 heteroatoms. The van der Waals surface area contributed by atoms with E-state index in [-0.39, 0.29) is 41.2 Å². The molecule has 2 aromatic heterocycles.